The Morgan fingerprint density at radius 1 is 1.28 bits per heavy atom. The Hall–Kier alpha value is -3.33. The van der Waals surface area contributed by atoms with Gasteiger partial charge in [0.2, 0.25) is 5.95 Å². The summed E-state index contributed by atoms with van der Waals surface area (Å²) in [6, 6.07) is 3.44. The van der Waals surface area contributed by atoms with Gasteiger partial charge in [-0.2, -0.15) is 5.10 Å². The first kappa shape index (κ1) is 21.9. The molecule has 0 aliphatic carbocycles. The Bertz CT molecular complexity index is 1080. The number of ketones is 1. The summed E-state index contributed by atoms with van der Waals surface area (Å²) in [5, 5.41) is 10.9. The zero-order valence-electron chi connectivity index (χ0n) is 18.3. The molecule has 3 aromatic rings. The van der Waals surface area contributed by atoms with Gasteiger partial charge in [-0.15, -0.1) is 0 Å². The number of carbonyl (C=O) groups excluding carboxylic acids is 1. The highest BCUT2D eigenvalue weighted by molar-refractivity contribution is 5.96. The second-order valence-electron chi connectivity index (χ2n) is 7.82. The highest BCUT2D eigenvalue weighted by Gasteiger charge is 2.17. The van der Waals surface area contributed by atoms with E-state index in [2.05, 4.69) is 25.7 Å². The molecule has 1 fully saturated rings. The summed E-state index contributed by atoms with van der Waals surface area (Å²) >= 11 is 0. The number of halogens is 1. The molecule has 1 saturated heterocycles. The predicted octanol–water partition coefficient (Wildman–Crippen LogP) is 3.48. The largest absolute Gasteiger partial charge is 0.494 e. The van der Waals surface area contributed by atoms with Crippen LogP contribution in [0.15, 0.2) is 36.9 Å². The van der Waals surface area contributed by atoms with E-state index < -0.39 is 5.82 Å². The summed E-state index contributed by atoms with van der Waals surface area (Å²) in [5.41, 5.74) is 2.60. The van der Waals surface area contributed by atoms with Crippen LogP contribution < -0.4 is 15.4 Å². The van der Waals surface area contributed by atoms with Gasteiger partial charge in [-0.1, -0.05) is 6.92 Å². The van der Waals surface area contributed by atoms with Gasteiger partial charge in [0.15, 0.2) is 17.3 Å². The predicted molar refractivity (Wildman–Crippen MR) is 119 cm³/mol. The van der Waals surface area contributed by atoms with Gasteiger partial charge in [0, 0.05) is 37.1 Å². The van der Waals surface area contributed by atoms with E-state index in [4.69, 9.17) is 4.74 Å². The molecule has 1 atom stereocenters. The standard InChI is InChI=1S/C23H27FN6O2/c1-3-20(31)17-8-16(22(24)21(9-17)32-2)5-4-15-10-26-23(27-11-15)29-18-12-28-30(14-18)19-6-7-25-13-19/h8-12,14,19,25H,3-7,13H2,1-2H3,(H,26,27,29)/t19-/m0/s1. The quantitative estimate of drug-likeness (QED) is 0.494. The van der Waals surface area contributed by atoms with Crippen LogP contribution in [0.25, 0.3) is 0 Å². The van der Waals surface area contributed by atoms with Crippen LogP contribution in [-0.2, 0) is 12.8 Å². The smallest absolute Gasteiger partial charge is 0.227 e. The van der Waals surface area contributed by atoms with Crippen molar-refractivity contribution in [1.82, 2.24) is 25.1 Å². The normalized spacial score (nSPS) is 15.7. The minimum Gasteiger partial charge on any atom is -0.494 e. The molecule has 0 unspecified atom stereocenters. The van der Waals surface area contributed by atoms with Crippen molar-refractivity contribution in [2.75, 3.05) is 25.5 Å². The Labute approximate surface area is 186 Å². The van der Waals surface area contributed by atoms with E-state index in [1.165, 1.54) is 13.2 Å². The molecule has 32 heavy (non-hydrogen) atoms. The summed E-state index contributed by atoms with van der Waals surface area (Å²) in [6.45, 7) is 3.71. The van der Waals surface area contributed by atoms with Crippen molar-refractivity contribution in [3.63, 3.8) is 0 Å². The van der Waals surface area contributed by atoms with E-state index in [-0.39, 0.29) is 11.5 Å². The monoisotopic (exact) mass is 438 g/mol. The van der Waals surface area contributed by atoms with E-state index in [0.29, 0.717) is 42.4 Å². The summed E-state index contributed by atoms with van der Waals surface area (Å²) in [4.78, 5) is 20.8. The number of anilines is 2. The second kappa shape index (κ2) is 9.86. The van der Waals surface area contributed by atoms with Crippen molar-refractivity contribution in [3.8, 4) is 5.75 Å². The first-order valence-corrected chi connectivity index (χ1v) is 10.8. The highest BCUT2D eigenvalue weighted by atomic mass is 19.1. The molecule has 1 aliphatic heterocycles. The molecule has 168 valence electrons. The Kier molecular flexibility index (Phi) is 6.75. The van der Waals surface area contributed by atoms with Crippen molar-refractivity contribution in [2.45, 2.75) is 38.6 Å². The molecule has 0 radical (unpaired) electrons. The lowest BCUT2D eigenvalue weighted by Crippen LogP contribution is -2.13. The van der Waals surface area contributed by atoms with Crippen molar-refractivity contribution >= 4 is 17.4 Å². The van der Waals surface area contributed by atoms with Gasteiger partial charge in [0.05, 0.1) is 25.0 Å². The van der Waals surface area contributed by atoms with Crippen LogP contribution >= 0.6 is 0 Å². The summed E-state index contributed by atoms with van der Waals surface area (Å²) in [5.74, 6) is 0.0786. The number of aryl methyl sites for hydroxylation is 2. The van der Waals surface area contributed by atoms with E-state index in [1.807, 2.05) is 10.9 Å². The van der Waals surface area contributed by atoms with E-state index in [1.54, 1.807) is 31.6 Å². The summed E-state index contributed by atoms with van der Waals surface area (Å²) in [6.07, 6.45) is 9.52. The minimum absolute atomic E-state index is 0.0455. The van der Waals surface area contributed by atoms with Crippen LogP contribution in [0.1, 0.15) is 47.3 Å². The lowest BCUT2D eigenvalue weighted by atomic mass is 10.00. The maximum absolute atomic E-state index is 14.7. The minimum atomic E-state index is -0.436. The van der Waals surface area contributed by atoms with E-state index in [0.717, 1.165) is 30.8 Å². The van der Waals surface area contributed by atoms with Crippen molar-refractivity contribution in [2.24, 2.45) is 0 Å². The van der Waals surface area contributed by atoms with Gasteiger partial charge in [0.25, 0.3) is 0 Å². The molecule has 2 aromatic heterocycles. The molecule has 3 heterocycles. The molecule has 9 heteroatoms. The average Bonchev–Trinajstić information content (AvgIpc) is 3.51. The van der Waals surface area contributed by atoms with Crippen LogP contribution in [0, 0.1) is 5.82 Å². The molecule has 2 N–H and O–H groups in total. The zero-order valence-corrected chi connectivity index (χ0v) is 18.3. The van der Waals surface area contributed by atoms with Gasteiger partial charge in [-0.05, 0) is 49.1 Å². The Morgan fingerprint density at radius 3 is 2.78 bits per heavy atom. The van der Waals surface area contributed by atoms with E-state index >= 15 is 0 Å². The topological polar surface area (TPSA) is 94.0 Å². The molecular formula is C23H27FN6O2. The molecule has 0 bridgehead atoms. The molecule has 1 aromatic carbocycles. The first-order valence-electron chi connectivity index (χ1n) is 10.8. The number of methoxy groups -OCH3 is 1. The maximum atomic E-state index is 14.7. The first-order chi connectivity index (χ1) is 15.6. The van der Waals surface area contributed by atoms with Gasteiger partial charge < -0.3 is 15.4 Å². The van der Waals surface area contributed by atoms with Crippen LogP contribution in [-0.4, -0.2) is 45.7 Å². The van der Waals surface area contributed by atoms with Crippen LogP contribution in [0.5, 0.6) is 5.75 Å². The van der Waals surface area contributed by atoms with Gasteiger partial charge in [0.1, 0.15) is 0 Å². The van der Waals surface area contributed by atoms with Gasteiger partial charge in [-0.25, -0.2) is 14.4 Å². The third-order valence-corrected chi connectivity index (χ3v) is 5.63. The molecule has 8 nitrogen and oxygen atoms in total. The number of hydrogen-bond donors (Lipinski definition) is 2. The molecular weight excluding hydrogens is 411 g/mol. The fourth-order valence-corrected chi connectivity index (χ4v) is 3.78. The Morgan fingerprint density at radius 2 is 2.09 bits per heavy atom. The zero-order chi connectivity index (χ0) is 22.5. The SMILES string of the molecule is CCC(=O)c1cc(CCc2cnc(Nc3cnn([C@H]4CCNC4)c3)nc2)c(F)c(OC)c1. The number of aromatic nitrogens is 4. The fraction of sp³-hybridized carbons (Fsp3) is 0.391. The molecule has 1 aliphatic rings. The van der Waals surface area contributed by atoms with Crippen molar-refractivity contribution in [1.29, 1.82) is 0 Å². The Balaban J connectivity index is 1.39. The number of carbonyl (C=O) groups is 1. The molecule has 0 saturated carbocycles. The molecule has 4 rings (SSSR count). The lowest BCUT2D eigenvalue weighted by Gasteiger charge is -2.11. The van der Waals surface area contributed by atoms with Crippen LogP contribution in [0.2, 0.25) is 0 Å². The summed E-state index contributed by atoms with van der Waals surface area (Å²) in [7, 11) is 1.40. The summed E-state index contributed by atoms with van der Waals surface area (Å²) < 4.78 is 21.7. The van der Waals surface area contributed by atoms with E-state index in [9.17, 15) is 9.18 Å². The lowest BCUT2D eigenvalue weighted by molar-refractivity contribution is 0.0987. The second-order valence-corrected chi connectivity index (χ2v) is 7.82. The van der Waals surface area contributed by atoms with Crippen molar-refractivity contribution < 1.29 is 13.9 Å². The third kappa shape index (κ3) is 4.94. The number of benzene rings is 1. The number of rotatable bonds is 9. The van der Waals surface area contributed by atoms with Gasteiger partial charge >= 0.3 is 0 Å². The van der Waals surface area contributed by atoms with Crippen molar-refractivity contribution in [3.05, 3.63) is 59.4 Å². The number of Topliss-reactive ketones (excluding diaryl/α,β-unsaturated/α-hetero) is 1. The number of nitrogens with zero attached hydrogens (tertiary/aromatic N) is 4. The fourth-order valence-electron chi connectivity index (χ4n) is 3.78. The number of hydrogen-bond acceptors (Lipinski definition) is 7. The highest BCUT2D eigenvalue weighted by Crippen LogP contribution is 2.25. The van der Waals surface area contributed by atoms with Gasteiger partial charge in [-0.3, -0.25) is 9.48 Å². The molecule has 0 amide bonds. The maximum Gasteiger partial charge on any atom is 0.227 e. The number of nitrogens with one attached hydrogen (secondary N) is 2. The third-order valence-electron chi connectivity index (χ3n) is 5.63. The van der Waals surface area contributed by atoms with Crippen LogP contribution in [0.3, 0.4) is 0 Å². The number of ether oxygens (including phenoxy) is 1. The average molecular weight is 439 g/mol. The molecule has 0 spiro atoms. The van der Waals surface area contributed by atoms with Crippen LogP contribution in [0.4, 0.5) is 16.0 Å².